The molecule has 1 aromatic heterocycles. The molecule has 3 aromatic carbocycles. The summed E-state index contributed by atoms with van der Waals surface area (Å²) in [7, 11) is 0. The maximum Gasteiger partial charge on any atom is 0.127 e. The number of hydrogen-bond donors (Lipinski definition) is 1. The Morgan fingerprint density at radius 3 is 2.44 bits per heavy atom. The van der Waals surface area contributed by atoms with Gasteiger partial charge < -0.3 is 10.3 Å². The summed E-state index contributed by atoms with van der Waals surface area (Å²) in [6.07, 6.45) is 0. The van der Waals surface area contributed by atoms with Gasteiger partial charge in [0, 0.05) is 6.54 Å². The second kappa shape index (κ2) is 6.34. The summed E-state index contributed by atoms with van der Waals surface area (Å²) < 4.78 is 2.27. The molecule has 0 aliphatic heterocycles. The van der Waals surface area contributed by atoms with Crippen molar-refractivity contribution in [2.24, 2.45) is 11.7 Å². The van der Waals surface area contributed by atoms with Crippen molar-refractivity contribution in [3.05, 3.63) is 78.1 Å². The first-order valence-corrected chi connectivity index (χ1v) is 8.82. The Bertz CT molecular complexity index is 1030. The summed E-state index contributed by atoms with van der Waals surface area (Å²) in [5, 5.41) is 2.53. The lowest BCUT2D eigenvalue weighted by Crippen LogP contribution is -2.22. The van der Waals surface area contributed by atoms with E-state index in [4.69, 9.17) is 10.7 Å². The fourth-order valence-corrected chi connectivity index (χ4v) is 3.33. The number of para-hydroxylation sites is 2. The monoisotopic (exact) mass is 329 g/mol. The van der Waals surface area contributed by atoms with E-state index in [-0.39, 0.29) is 6.04 Å². The lowest BCUT2D eigenvalue weighted by atomic mass is 10.0. The van der Waals surface area contributed by atoms with Crippen LogP contribution in [0.2, 0.25) is 0 Å². The van der Waals surface area contributed by atoms with Crippen LogP contribution in [-0.4, -0.2) is 9.55 Å². The van der Waals surface area contributed by atoms with Crippen LogP contribution in [-0.2, 0) is 6.54 Å². The summed E-state index contributed by atoms with van der Waals surface area (Å²) in [6, 6.07) is 23.3. The zero-order valence-corrected chi connectivity index (χ0v) is 14.7. The minimum Gasteiger partial charge on any atom is -0.322 e. The summed E-state index contributed by atoms with van der Waals surface area (Å²) in [5.74, 6) is 1.30. The van der Waals surface area contributed by atoms with Crippen molar-refractivity contribution in [2.75, 3.05) is 0 Å². The van der Waals surface area contributed by atoms with Crippen LogP contribution >= 0.6 is 0 Å². The predicted octanol–water partition coefficient (Wildman–Crippen LogP) is 4.89. The van der Waals surface area contributed by atoms with Crippen molar-refractivity contribution in [3.8, 4) is 0 Å². The van der Waals surface area contributed by atoms with Gasteiger partial charge in [0.25, 0.3) is 0 Å². The number of imidazole rings is 1. The van der Waals surface area contributed by atoms with E-state index < -0.39 is 0 Å². The van der Waals surface area contributed by atoms with Gasteiger partial charge in [-0.15, -0.1) is 0 Å². The molecule has 0 saturated heterocycles. The van der Waals surface area contributed by atoms with Gasteiger partial charge in [-0.1, -0.05) is 62.4 Å². The van der Waals surface area contributed by atoms with E-state index in [0.717, 1.165) is 23.4 Å². The fraction of sp³-hybridized carbons (Fsp3) is 0.227. The Hall–Kier alpha value is -2.65. The Morgan fingerprint density at radius 1 is 0.920 bits per heavy atom. The fourth-order valence-electron chi connectivity index (χ4n) is 3.33. The van der Waals surface area contributed by atoms with Crippen LogP contribution in [0.1, 0.15) is 31.3 Å². The molecule has 4 aromatic rings. The summed E-state index contributed by atoms with van der Waals surface area (Å²) in [5.41, 5.74) is 9.88. The molecule has 2 N–H and O–H groups in total. The molecule has 0 bridgehead atoms. The summed E-state index contributed by atoms with van der Waals surface area (Å²) in [4.78, 5) is 4.83. The highest BCUT2D eigenvalue weighted by atomic mass is 15.1. The van der Waals surface area contributed by atoms with Crippen LogP contribution < -0.4 is 5.73 Å². The van der Waals surface area contributed by atoms with Gasteiger partial charge in [-0.3, -0.25) is 0 Å². The number of benzene rings is 3. The van der Waals surface area contributed by atoms with E-state index in [2.05, 4.69) is 79.1 Å². The molecule has 0 fully saturated rings. The molecule has 25 heavy (non-hydrogen) atoms. The largest absolute Gasteiger partial charge is 0.322 e. The van der Waals surface area contributed by atoms with Gasteiger partial charge in [0.1, 0.15) is 5.82 Å². The predicted molar refractivity (Wildman–Crippen MR) is 105 cm³/mol. The van der Waals surface area contributed by atoms with Crippen LogP contribution in [0.4, 0.5) is 0 Å². The van der Waals surface area contributed by atoms with E-state index in [1.807, 2.05) is 6.07 Å². The third kappa shape index (κ3) is 2.92. The first kappa shape index (κ1) is 15.9. The molecule has 0 aliphatic carbocycles. The molecule has 1 unspecified atom stereocenters. The van der Waals surface area contributed by atoms with Crippen LogP contribution in [0, 0.1) is 5.92 Å². The van der Waals surface area contributed by atoms with Gasteiger partial charge >= 0.3 is 0 Å². The molecule has 3 heteroatoms. The first-order valence-electron chi connectivity index (χ1n) is 8.82. The van der Waals surface area contributed by atoms with Crippen molar-refractivity contribution in [1.29, 1.82) is 0 Å². The standard InChI is InChI=1S/C22H23N3/c1-15(2)21(23)22-24-19-9-5-6-10-20(19)25(22)14-16-11-12-17-7-3-4-8-18(17)13-16/h3-13,15,21H,14,23H2,1-2H3. The number of fused-ring (bicyclic) bond motifs is 2. The second-order valence-electron chi connectivity index (χ2n) is 7.00. The molecule has 4 rings (SSSR count). The van der Waals surface area contributed by atoms with E-state index in [0.29, 0.717) is 5.92 Å². The van der Waals surface area contributed by atoms with Gasteiger partial charge in [0.2, 0.25) is 0 Å². The number of aromatic nitrogens is 2. The molecule has 0 aliphatic rings. The Kier molecular flexibility index (Phi) is 4.02. The van der Waals surface area contributed by atoms with Crippen molar-refractivity contribution in [1.82, 2.24) is 9.55 Å². The van der Waals surface area contributed by atoms with Crippen molar-refractivity contribution < 1.29 is 0 Å². The first-order chi connectivity index (χ1) is 12.1. The van der Waals surface area contributed by atoms with E-state index >= 15 is 0 Å². The van der Waals surface area contributed by atoms with Gasteiger partial charge in [-0.25, -0.2) is 4.98 Å². The van der Waals surface area contributed by atoms with Gasteiger partial charge in [-0.2, -0.15) is 0 Å². The molecular formula is C22H23N3. The summed E-state index contributed by atoms with van der Waals surface area (Å²) in [6.45, 7) is 5.07. The molecule has 1 heterocycles. The molecule has 126 valence electrons. The topological polar surface area (TPSA) is 43.8 Å². The maximum absolute atomic E-state index is 6.46. The van der Waals surface area contributed by atoms with E-state index in [1.54, 1.807) is 0 Å². The van der Waals surface area contributed by atoms with Crippen LogP contribution in [0.15, 0.2) is 66.7 Å². The Labute approximate surface area is 148 Å². The third-order valence-electron chi connectivity index (χ3n) is 4.86. The molecule has 0 amide bonds. The van der Waals surface area contributed by atoms with Crippen LogP contribution in [0.25, 0.3) is 21.8 Å². The third-order valence-corrected chi connectivity index (χ3v) is 4.86. The van der Waals surface area contributed by atoms with Crippen molar-refractivity contribution >= 4 is 21.8 Å². The van der Waals surface area contributed by atoms with Gasteiger partial charge in [0.05, 0.1) is 17.1 Å². The smallest absolute Gasteiger partial charge is 0.127 e. The molecule has 0 spiro atoms. The van der Waals surface area contributed by atoms with Crippen molar-refractivity contribution in [3.63, 3.8) is 0 Å². The number of rotatable bonds is 4. The molecule has 3 nitrogen and oxygen atoms in total. The van der Waals surface area contributed by atoms with Crippen LogP contribution in [0.3, 0.4) is 0 Å². The average molecular weight is 329 g/mol. The highest BCUT2D eigenvalue weighted by molar-refractivity contribution is 5.83. The molecule has 0 radical (unpaired) electrons. The van der Waals surface area contributed by atoms with Crippen LogP contribution in [0.5, 0.6) is 0 Å². The zero-order valence-electron chi connectivity index (χ0n) is 14.7. The normalized spacial score (nSPS) is 13.0. The molecule has 0 saturated carbocycles. The highest BCUT2D eigenvalue weighted by Crippen LogP contribution is 2.26. The van der Waals surface area contributed by atoms with Gasteiger partial charge in [0.15, 0.2) is 0 Å². The zero-order chi connectivity index (χ0) is 17.4. The maximum atomic E-state index is 6.46. The highest BCUT2D eigenvalue weighted by Gasteiger charge is 2.19. The van der Waals surface area contributed by atoms with E-state index in [9.17, 15) is 0 Å². The van der Waals surface area contributed by atoms with Crippen molar-refractivity contribution in [2.45, 2.75) is 26.4 Å². The summed E-state index contributed by atoms with van der Waals surface area (Å²) >= 11 is 0. The lowest BCUT2D eigenvalue weighted by Gasteiger charge is -2.18. The average Bonchev–Trinajstić information content (AvgIpc) is 2.99. The SMILES string of the molecule is CC(C)C(N)c1nc2ccccc2n1Cc1ccc2ccccc2c1. The number of hydrogen-bond acceptors (Lipinski definition) is 2. The lowest BCUT2D eigenvalue weighted by molar-refractivity contribution is 0.475. The number of nitrogens with zero attached hydrogens (tertiary/aromatic N) is 2. The van der Waals surface area contributed by atoms with Gasteiger partial charge in [-0.05, 0) is 40.5 Å². The quantitative estimate of drug-likeness (QED) is 0.579. The second-order valence-corrected chi connectivity index (χ2v) is 7.00. The minimum absolute atomic E-state index is 0.0761. The number of nitrogens with two attached hydrogens (primary N) is 1. The Balaban J connectivity index is 1.82. The molecular weight excluding hydrogens is 306 g/mol. The molecule has 1 atom stereocenters. The Morgan fingerprint density at radius 2 is 1.64 bits per heavy atom. The van der Waals surface area contributed by atoms with E-state index in [1.165, 1.54) is 16.3 Å². The minimum atomic E-state index is -0.0761.